The number of rotatable bonds is 6. The smallest absolute Gasteiger partial charge is 0.0969 e. The van der Waals surface area contributed by atoms with Crippen LogP contribution in [0, 0.1) is 42.9 Å². The van der Waals surface area contributed by atoms with Crippen LogP contribution in [0.15, 0.2) is 60.7 Å². The summed E-state index contributed by atoms with van der Waals surface area (Å²) in [5, 5.41) is 5.03. The molecule has 0 heterocycles. The fourth-order valence-corrected chi connectivity index (χ4v) is 24.4. The van der Waals surface area contributed by atoms with Crippen molar-refractivity contribution >= 4 is 26.5 Å². The van der Waals surface area contributed by atoms with Crippen molar-refractivity contribution in [3.8, 4) is 0 Å². The SMILES string of the molecule is C1CCC([PH+](C23CC4CCC(C2)C(C4)C3)C23CC4CCC(C2)C(C4)C3)C1.[CH3-].[Pd].c1ccc([PH+](c2ccccc2)C2CCCC2)cc1. The third-order valence-corrected chi connectivity index (χ3v) is 23.5. The summed E-state index contributed by atoms with van der Waals surface area (Å²) in [6.07, 6.45) is 32.5. The number of hydrogen-bond acceptors (Lipinski definition) is 0. The number of fused-ring (bicyclic) bond motifs is 4. The van der Waals surface area contributed by atoms with Crippen LogP contribution in [0.2, 0.25) is 0 Å². The van der Waals surface area contributed by atoms with Crippen molar-refractivity contribution in [2.24, 2.45) is 35.5 Å². The molecule has 8 atom stereocenters. The standard InChI is InChI=1S/C25H39P.C17H19P.CH3.Pd/c1-2-4-23(3-1)26(24-11-17-5-7-19(13-24)21(9-17)15-24)25-12-18-6-8-20(14-25)22(10-18)16-25;1-3-9-15(10-4-1)18(17-13-7-8-14-17)16-11-5-2-6-12-16;;/h17-23H,1-16H2;1-6,9-12,17H,7-8,13-14H2;1H3;/q;;-1;/p+2. The second-order valence-electron chi connectivity index (χ2n) is 17.7. The van der Waals surface area contributed by atoms with Crippen molar-refractivity contribution in [3.05, 3.63) is 68.1 Å². The molecule has 8 unspecified atom stereocenters. The van der Waals surface area contributed by atoms with Crippen molar-refractivity contribution in [1.29, 1.82) is 0 Å². The first-order chi connectivity index (χ1) is 21.7. The Hall–Kier alpha value is -0.0377. The van der Waals surface area contributed by atoms with E-state index in [-0.39, 0.29) is 35.8 Å². The maximum absolute atomic E-state index is 2.33. The Kier molecular flexibility index (Phi) is 10.7. The molecule has 8 fully saturated rings. The molecule has 8 saturated carbocycles. The molecule has 10 rings (SSSR count). The monoisotopic (exact) mass is 747 g/mol. The summed E-state index contributed by atoms with van der Waals surface area (Å²) < 4.78 is 0. The van der Waals surface area contributed by atoms with E-state index in [0.29, 0.717) is 0 Å². The Morgan fingerprint density at radius 1 is 0.457 bits per heavy atom. The van der Waals surface area contributed by atoms with E-state index in [1.807, 2.05) is 0 Å². The Morgan fingerprint density at radius 2 is 0.870 bits per heavy atom. The van der Waals surface area contributed by atoms with Crippen molar-refractivity contribution in [3.63, 3.8) is 0 Å². The van der Waals surface area contributed by atoms with Gasteiger partial charge in [-0.05, 0) is 175 Å². The van der Waals surface area contributed by atoms with Gasteiger partial charge < -0.3 is 7.43 Å². The number of hydrogen-bond donors (Lipinski definition) is 0. The van der Waals surface area contributed by atoms with E-state index < -0.39 is 7.92 Å². The van der Waals surface area contributed by atoms with E-state index in [4.69, 9.17) is 0 Å². The molecule has 0 nitrogen and oxygen atoms in total. The third kappa shape index (κ3) is 6.25. The number of benzene rings is 2. The van der Waals surface area contributed by atoms with E-state index in [9.17, 15) is 0 Å². The minimum Gasteiger partial charge on any atom is -0.358 e. The Balaban J connectivity index is 0.000000150. The quantitative estimate of drug-likeness (QED) is 0.157. The summed E-state index contributed by atoms with van der Waals surface area (Å²) in [7, 11) is -0.788. The predicted molar refractivity (Wildman–Crippen MR) is 202 cm³/mol. The van der Waals surface area contributed by atoms with Crippen molar-refractivity contribution < 1.29 is 20.4 Å². The molecule has 6 bridgehead atoms. The van der Waals surface area contributed by atoms with Gasteiger partial charge in [0.2, 0.25) is 0 Å². The maximum atomic E-state index is 2.33. The molecule has 46 heavy (non-hydrogen) atoms. The second-order valence-corrected chi connectivity index (χ2v) is 24.3. The van der Waals surface area contributed by atoms with E-state index in [0.717, 1.165) is 16.0 Å². The fraction of sp³-hybridized carbons (Fsp3) is 0.698. The average Bonchev–Trinajstić information content (AvgIpc) is 3.82. The van der Waals surface area contributed by atoms with Crippen molar-refractivity contribution in [2.45, 2.75) is 150 Å². The topological polar surface area (TPSA) is 0 Å². The van der Waals surface area contributed by atoms with Crippen molar-refractivity contribution in [1.82, 2.24) is 0 Å². The molecule has 0 N–H and O–H groups in total. The van der Waals surface area contributed by atoms with Gasteiger partial charge in [-0.25, -0.2) is 0 Å². The molecule has 2 aromatic carbocycles. The summed E-state index contributed by atoms with van der Waals surface area (Å²) in [6, 6.07) is 22.4. The van der Waals surface area contributed by atoms with Gasteiger partial charge in [0.25, 0.3) is 0 Å². The minimum absolute atomic E-state index is 0. The summed E-state index contributed by atoms with van der Waals surface area (Å²) in [6.45, 7) is 0. The Labute approximate surface area is 299 Å². The van der Waals surface area contributed by atoms with E-state index in [1.165, 1.54) is 66.8 Å². The van der Waals surface area contributed by atoms with Crippen LogP contribution in [0.5, 0.6) is 0 Å². The van der Waals surface area contributed by atoms with Crippen LogP contribution in [-0.4, -0.2) is 21.6 Å². The van der Waals surface area contributed by atoms with Gasteiger partial charge in [-0.1, -0.05) is 49.2 Å². The zero-order valence-electron chi connectivity index (χ0n) is 28.9. The molecule has 0 spiro atoms. The van der Waals surface area contributed by atoms with Crippen LogP contribution in [0.3, 0.4) is 0 Å². The van der Waals surface area contributed by atoms with Gasteiger partial charge in [0.1, 0.15) is 0 Å². The molecule has 8 aliphatic carbocycles. The molecule has 0 aliphatic heterocycles. The average molecular weight is 748 g/mol. The van der Waals surface area contributed by atoms with Crippen LogP contribution in [-0.2, 0) is 20.4 Å². The first-order valence-corrected chi connectivity index (χ1v) is 22.7. The molecule has 0 amide bonds. The van der Waals surface area contributed by atoms with Crippen LogP contribution in [0.1, 0.15) is 128 Å². The van der Waals surface area contributed by atoms with Crippen LogP contribution >= 0.6 is 15.8 Å². The van der Waals surface area contributed by atoms with Crippen molar-refractivity contribution in [2.75, 3.05) is 0 Å². The van der Waals surface area contributed by atoms with E-state index in [1.54, 1.807) is 113 Å². The summed E-state index contributed by atoms with van der Waals surface area (Å²) in [5.74, 6) is 7.09. The second kappa shape index (κ2) is 14.3. The summed E-state index contributed by atoms with van der Waals surface area (Å²) in [4.78, 5) is 0. The maximum Gasteiger partial charge on any atom is 0.0969 e. The molecular weight excluding hydrogens is 685 g/mol. The summed E-state index contributed by atoms with van der Waals surface area (Å²) in [5.41, 5.74) is 2.17. The zero-order valence-corrected chi connectivity index (χ0v) is 32.4. The molecule has 0 aromatic heterocycles. The van der Waals surface area contributed by atoms with E-state index in [2.05, 4.69) is 60.7 Å². The molecule has 254 valence electrons. The summed E-state index contributed by atoms with van der Waals surface area (Å²) >= 11 is 0. The first kappa shape index (κ1) is 34.4. The predicted octanol–water partition coefficient (Wildman–Crippen LogP) is 11.3. The van der Waals surface area contributed by atoms with Gasteiger partial charge in [0, 0.05) is 28.3 Å². The Bertz CT molecular complexity index is 1180. The van der Waals surface area contributed by atoms with E-state index >= 15 is 0 Å². The normalized spacial score (nSPS) is 39.5. The van der Waals surface area contributed by atoms with Gasteiger partial charge in [0.05, 0.1) is 40.2 Å². The molecule has 3 heteroatoms. The molecular formula is C43H63P2Pd+. The molecule has 0 radical (unpaired) electrons. The molecule has 8 aliphatic rings. The Morgan fingerprint density at radius 3 is 1.33 bits per heavy atom. The molecule has 0 saturated heterocycles. The van der Waals surface area contributed by atoms with Crippen LogP contribution < -0.4 is 10.6 Å². The zero-order chi connectivity index (χ0) is 29.1. The van der Waals surface area contributed by atoms with Gasteiger partial charge in [-0.3, -0.25) is 0 Å². The third-order valence-electron chi connectivity index (χ3n) is 15.3. The van der Waals surface area contributed by atoms with Gasteiger partial charge in [0.15, 0.2) is 0 Å². The van der Waals surface area contributed by atoms with Gasteiger partial charge in [-0.15, -0.1) is 0 Å². The van der Waals surface area contributed by atoms with Crippen LogP contribution in [0.25, 0.3) is 0 Å². The fourth-order valence-electron chi connectivity index (χ4n) is 14.3. The van der Waals surface area contributed by atoms with Gasteiger partial charge in [-0.2, -0.15) is 0 Å². The largest absolute Gasteiger partial charge is 0.358 e. The minimum atomic E-state index is -0.577. The molecule has 2 aromatic rings. The van der Waals surface area contributed by atoms with Crippen LogP contribution in [0.4, 0.5) is 0 Å². The first-order valence-electron chi connectivity index (χ1n) is 19.5. The van der Waals surface area contributed by atoms with Gasteiger partial charge >= 0.3 is 0 Å².